The summed E-state index contributed by atoms with van der Waals surface area (Å²) < 4.78 is 18.2. The van der Waals surface area contributed by atoms with Gasteiger partial charge in [-0.05, 0) is 126 Å². The number of carbonyl (C=O) groups excluding carboxylic acids is 15. The van der Waals surface area contributed by atoms with E-state index in [9.17, 15) is 38.4 Å². The number of amides is 13. The average molecular weight is 2010 g/mol. The maximum absolute atomic E-state index is 15.7. The molecule has 0 spiro atoms. The summed E-state index contributed by atoms with van der Waals surface area (Å²) in [5.41, 5.74) is 13.1. The summed E-state index contributed by atoms with van der Waals surface area (Å²) in [6.45, 7) is 21.1. The third-order valence-electron chi connectivity index (χ3n) is 23.4. The Balaban J connectivity index is 1.02. The Hall–Kier alpha value is -15.0. The van der Waals surface area contributed by atoms with Crippen molar-refractivity contribution < 1.29 is 86.1 Å². The molecule has 0 aliphatic carbocycles. The molecule has 13 amide bonds. The van der Waals surface area contributed by atoms with E-state index in [4.69, 9.17) is 19.7 Å². The quantitative estimate of drug-likeness (QED) is 0.00557. The topological polar surface area (TPSA) is 520 Å². The minimum Gasteiger partial charge on any atom is -0.461 e. The lowest BCUT2D eigenvalue weighted by Crippen LogP contribution is -2.62. The molecule has 1 aromatic heterocycles. The van der Waals surface area contributed by atoms with Gasteiger partial charge in [-0.1, -0.05) is 292 Å². The number of hydrogen-bond donors (Lipinski definition) is 13. The zero-order valence-electron chi connectivity index (χ0n) is 85.2. The van der Waals surface area contributed by atoms with E-state index in [1.54, 1.807) is 230 Å². The van der Waals surface area contributed by atoms with Gasteiger partial charge in [-0.3, -0.25) is 71.9 Å². The van der Waals surface area contributed by atoms with Crippen LogP contribution in [0.2, 0.25) is 0 Å². The molecule has 1 heterocycles. The van der Waals surface area contributed by atoms with E-state index in [1.807, 2.05) is 69.2 Å². The molecule has 8 aromatic rings. The summed E-state index contributed by atoms with van der Waals surface area (Å²) in [4.78, 5) is 224. The van der Waals surface area contributed by atoms with Crippen molar-refractivity contribution in [3.05, 3.63) is 274 Å². The van der Waals surface area contributed by atoms with Crippen molar-refractivity contribution >= 4 is 88.7 Å². The summed E-state index contributed by atoms with van der Waals surface area (Å²) in [5.74, 6) is -13.2. The molecule has 37 heteroatoms. The van der Waals surface area contributed by atoms with Crippen LogP contribution in [-0.4, -0.2) is 203 Å². The fourth-order valence-electron chi connectivity index (χ4n) is 16.1. The molecular weight excluding hydrogens is 1860 g/mol. The van der Waals surface area contributed by atoms with Gasteiger partial charge in [0.25, 0.3) is 0 Å². The predicted octanol–water partition coefficient (Wildman–Crippen LogP) is 8.59. The van der Waals surface area contributed by atoms with Crippen molar-refractivity contribution in [1.82, 2.24) is 84.1 Å². The van der Waals surface area contributed by atoms with Crippen LogP contribution in [0.4, 0.5) is 0 Å². The van der Waals surface area contributed by atoms with E-state index >= 15 is 33.6 Å². The van der Waals surface area contributed by atoms with Gasteiger partial charge in [0.05, 0.1) is 38.3 Å². The van der Waals surface area contributed by atoms with Gasteiger partial charge in [0, 0.05) is 62.7 Å². The number of ether oxygens (including phenoxy) is 3. The summed E-state index contributed by atoms with van der Waals surface area (Å²) in [5, 5.41) is 48.3. The van der Waals surface area contributed by atoms with Crippen LogP contribution in [0, 0.1) is 29.6 Å². The van der Waals surface area contributed by atoms with Crippen LogP contribution in [0.15, 0.2) is 224 Å². The lowest BCUT2D eigenvalue weighted by Gasteiger charge is -2.30. The Morgan fingerprint density at radius 3 is 0.863 bits per heavy atom. The van der Waals surface area contributed by atoms with Gasteiger partial charge >= 0.3 is 11.9 Å². The molecule has 0 saturated heterocycles. The standard InChI is InChI=1S/C109H143N19O18/c1-12-111-98(132)93(65-96(130)145-68-80-45-30-18-31-46-80)123-109(143)94(66-97(131)146-69-81-47-32-19-33-48-81)124-108(142)92(64-79-43-28-17-29-44-79)122-107(141)91(63-78-41-26-16-27-42-78)121-106(140)90(62-77-39-24-15-25-40-77)120-105(139)89(61-76-37-22-14-23-38-76)119-104(138)88(60-75-35-20-13-21-36-75)118-103(137)87(59-74(10)11)117-102(136)86(58-73(8)9)116-101(135)85(57-72(6)7)115-100(134)84(56-71(4)5)114-99(133)83(55-70(2)3)113-95(129)50-34-49-82-67-128(127-125-82)52-54-144-53-51-112-126-110/h13-33,35-48,67,70-74,83-94H,12,34,49-66,68-69H2,1-11H3,(H,111,132)(H,113,129)(H,114,133)(H,115,134)(H,116,135)(H,117,136)(H,118,137)(H,119,138)(H,120,139)(H,121,140)(H,122,141)(H,123,143)(H,124,142)/t83-,84+,85+,86+,87+,88+,89-,90-,91-,92-,93+,94-/m1/s1. The van der Waals surface area contributed by atoms with Gasteiger partial charge in [-0.15, -0.1) is 5.10 Å². The summed E-state index contributed by atoms with van der Waals surface area (Å²) in [7, 11) is 0. The highest BCUT2D eigenvalue weighted by Crippen LogP contribution is 2.20. The number of likely N-dealkylation sites (N-methyl/N-ethyl adjacent to an activating group) is 1. The molecule has 7 aromatic carbocycles. The molecule has 0 radical (unpaired) electrons. The first-order valence-electron chi connectivity index (χ1n) is 50.0. The van der Waals surface area contributed by atoms with Crippen molar-refractivity contribution in [3.63, 3.8) is 0 Å². The fourth-order valence-corrected chi connectivity index (χ4v) is 16.1. The maximum atomic E-state index is 15.7. The maximum Gasteiger partial charge on any atom is 0.308 e. The minimum atomic E-state index is -1.83. The van der Waals surface area contributed by atoms with Gasteiger partial charge in [0.1, 0.15) is 85.7 Å². The van der Waals surface area contributed by atoms with Gasteiger partial charge in [0.15, 0.2) is 0 Å². The van der Waals surface area contributed by atoms with Crippen LogP contribution >= 0.6 is 0 Å². The molecule has 8 rings (SSSR count). The minimum absolute atomic E-state index is 0.0168. The molecule has 0 unspecified atom stereocenters. The van der Waals surface area contributed by atoms with Gasteiger partial charge in [-0.2, -0.15) is 0 Å². The van der Waals surface area contributed by atoms with E-state index in [1.165, 1.54) is 0 Å². The van der Waals surface area contributed by atoms with Crippen molar-refractivity contribution in [3.8, 4) is 0 Å². The van der Waals surface area contributed by atoms with Gasteiger partial charge in [-0.25, -0.2) is 4.68 Å². The molecule has 12 atom stereocenters. The van der Waals surface area contributed by atoms with Crippen molar-refractivity contribution in [2.75, 3.05) is 26.3 Å². The average Bonchev–Trinajstić information content (AvgIpc) is 1.47. The van der Waals surface area contributed by atoms with Crippen LogP contribution in [0.5, 0.6) is 0 Å². The Morgan fingerprint density at radius 2 is 0.582 bits per heavy atom. The van der Waals surface area contributed by atoms with Crippen molar-refractivity contribution in [2.45, 2.75) is 265 Å². The zero-order valence-corrected chi connectivity index (χ0v) is 85.2. The number of aryl methyl sites for hydroxylation is 1. The molecule has 13 N–H and O–H groups in total. The largest absolute Gasteiger partial charge is 0.461 e. The monoisotopic (exact) mass is 2010 g/mol. The second-order valence-corrected chi connectivity index (χ2v) is 38.4. The summed E-state index contributed by atoms with van der Waals surface area (Å²) in [6, 6.07) is 43.3. The highest BCUT2D eigenvalue weighted by Gasteiger charge is 2.40. The van der Waals surface area contributed by atoms with Crippen molar-refractivity contribution in [2.24, 2.45) is 34.7 Å². The lowest BCUT2D eigenvalue weighted by molar-refractivity contribution is -0.149. The molecule has 0 aliphatic rings. The molecule has 146 heavy (non-hydrogen) atoms. The molecule has 0 fully saturated rings. The first-order valence-corrected chi connectivity index (χ1v) is 50.0. The number of aromatic nitrogens is 3. The second kappa shape index (κ2) is 62.5. The summed E-state index contributed by atoms with van der Waals surface area (Å²) in [6.07, 6.45) is 0.648. The number of azide groups is 1. The molecule has 0 aliphatic heterocycles. The van der Waals surface area contributed by atoms with E-state index in [0.29, 0.717) is 70.6 Å². The Morgan fingerprint density at radius 1 is 0.329 bits per heavy atom. The number of esters is 2. The first kappa shape index (κ1) is 116. The molecular formula is C109H143N19O18. The number of nitrogens with zero attached hydrogens (tertiary/aromatic N) is 6. The smallest absolute Gasteiger partial charge is 0.308 e. The molecule has 37 nitrogen and oxygen atoms in total. The third kappa shape index (κ3) is 43.3. The highest BCUT2D eigenvalue weighted by atomic mass is 16.5. The SMILES string of the molecule is CCNC(=O)[C@H](CC(=O)OCc1ccccc1)NC(=O)[C@@H](CC(=O)OCc1ccccc1)NC(=O)[C@@H](Cc1ccccc1)NC(=O)[C@@H](Cc1ccccc1)NC(=O)[C@@H](Cc1ccccc1)NC(=O)[C@@H](Cc1ccccc1)NC(=O)[C@H](Cc1ccccc1)NC(=O)[C@H](CC(C)C)NC(=O)[C@H](CC(C)C)NC(=O)[C@H](CC(C)C)NC(=O)[C@H](CC(C)C)NC(=O)[C@@H](CC(C)C)NC(=O)CCCc1cn(CCOCCN=[N+]=[N-])nn1. The zero-order chi connectivity index (χ0) is 106. The normalized spacial score (nSPS) is 13.6. The number of rotatable bonds is 63. The van der Waals surface area contributed by atoms with Crippen LogP contribution < -0.4 is 69.1 Å². The molecule has 0 bridgehead atoms. The molecule has 0 saturated carbocycles. The summed E-state index contributed by atoms with van der Waals surface area (Å²) >= 11 is 0. The third-order valence-corrected chi connectivity index (χ3v) is 23.4. The van der Waals surface area contributed by atoms with Crippen LogP contribution in [0.3, 0.4) is 0 Å². The number of carbonyl (C=O) groups is 15. The predicted molar refractivity (Wildman–Crippen MR) is 549 cm³/mol. The fraction of sp³-hybridized carbons (Fsp3) is 0.459. The Bertz CT molecular complexity index is 5530. The van der Waals surface area contributed by atoms with E-state index in [-0.39, 0.29) is 133 Å². The van der Waals surface area contributed by atoms with Crippen LogP contribution in [0.1, 0.15) is 179 Å². The van der Waals surface area contributed by atoms with E-state index < -0.39 is 174 Å². The highest BCUT2D eigenvalue weighted by molar-refractivity contribution is 6.01. The first-order chi connectivity index (χ1) is 70.1. The van der Waals surface area contributed by atoms with E-state index in [2.05, 4.69) is 89.5 Å². The van der Waals surface area contributed by atoms with Crippen LogP contribution in [0.25, 0.3) is 10.4 Å². The Kier molecular flexibility index (Phi) is 49.8. The molecule has 782 valence electrons. The number of nitrogens with one attached hydrogen (secondary N) is 13. The number of hydrogen-bond acceptors (Lipinski definition) is 21. The number of benzene rings is 7. The Labute approximate surface area is 853 Å². The van der Waals surface area contributed by atoms with Crippen molar-refractivity contribution in [1.29, 1.82) is 0 Å². The lowest BCUT2D eigenvalue weighted by atomic mass is 9.97. The second-order valence-electron chi connectivity index (χ2n) is 38.4. The van der Waals surface area contributed by atoms with E-state index in [0.717, 1.165) is 0 Å². The van der Waals surface area contributed by atoms with Crippen LogP contribution in [-0.2, 0) is 144 Å². The van der Waals surface area contributed by atoms with Gasteiger partial charge in [0.2, 0.25) is 76.8 Å². The van der Waals surface area contributed by atoms with Gasteiger partial charge < -0.3 is 83.3 Å².